The van der Waals surface area contributed by atoms with Crippen molar-refractivity contribution >= 4 is 17.5 Å². The van der Waals surface area contributed by atoms with Crippen LogP contribution in [0.2, 0.25) is 0 Å². The molecule has 1 heterocycles. The highest BCUT2D eigenvalue weighted by atomic mass is 16.6. The van der Waals surface area contributed by atoms with Gasteiger partial charge in [-0.05, 0) is 13.3 Å². The van der Waals surface area contributed by atoms with E-state index in [2.05, 4.69) is 15.3 Å². The van der Waals surface area contributed by atoms with Crippen LogP contribution < -0.4 is 10.2 Å². The van der Waals surface area contributed by atoms with Crippen LogP contribution in [0.5, 0.6) is 0 Å². The predicted octanol–water partition coefficient (Wildman–Crippen LogP) is 1.42. The van der Waals surface area contributed by atoms with E-state index < -0.39 is 4.92 Å². The van der Waals surface area contributed by atoms with Gasteiger partial charge in [-0.1, -0.05) is 13.3 Å². The molecule has 1 rings (SSSR count). The highest BCUT2D eigenvalue weighted by molar-refractivity contribution is 5.58. The number of hydrogen-bond donors (Lipinski definition) is 2. The Morgan fingerprint density at radius 2 is 2.20 bits per heavy atom. The zero-order valence-corrected chi connectivity index (χ0v) is 11.9. The van der Waals surface area contributed by atoms with E-state index in [1.807, 2.05) is 13.8 Å². The Labute approximate surface area is 118 Å². The average Bonchev–Trinajstić information content (AvgIpc) is 2.43. The molecule has 112 valence electrons. The minimum Gasteiger partial charge on any atom is -0.395 e. The van der Waals surface area contributed by atoms with E-state index >= 15 is 0 Å². The molecule has 0 radical (unpaired) electrons. The van der Waals surface area contributed by atoms with Gasteiger partial charge < -0.3 is 15.3 Å². The summed E-state index contributed by atoms with van der Waals surface area (Å²) in [6.45, 7) is 5.40. The van der Waals surface area contributed by atoms with Gasteiger partial charge in [0.1, 0.15) is 6.20 Å². The first-order chi connectivity index (χ1) is 9.63. The molecular weight excluding hydrogens is 262 g/mol. The fraction of sp³-hybridized carbons (Fsp3) is 0.667. The first-order valence-electron chi connectivity index (χ1n) is 6.75. The highest BCUT2D eigenvalue weighted by Crippen LogP contribution is 2.26. The molecule has 8 heteroatoms. The third-order valence-corrected chi connectivity index (χ3v) is 2.73. The van der Waals surface area contributed by atoms with E-state index in [-0.39, 0.29) is 18.1 Å². The van der Waals surface area contributed by atoms with Gasteiger partial charge in [-0.15, -0.1) is 0 Å². The van der Waals surface area contributed by atoms with Gasteiger partial charge in [0.2, 0.25) is 11.8 Å². The monoisotopic (exact) mass is 283 g/mol. The van der Waals surface area contributed by atoms with Crippen LogP contribution in [-0.4, -0.2) is 46.2 Å². The molecule has 0 aliphatic heterocycles. The number of aliphatic hydroxyl groups is 1. The van der Waals surface area contributed by atoms with Crippen molar-refractivity contribution in [2.45, 2.75) is 26.7 Å². The molecule has 0 aromatic carbocycles. The van der Waals surface area contributed by atoms with Gasteiger partial charge in [-0.3, -0.25) is 10.1 Å². The number of nitrogens with zero attached hydrogens (tertiary/aromatic N) is 4. The summed E-state index contributed by atoms with van der Waals surface area (Å²) in [5, 5.41) is 23.2. The first kappa shape index (κ1) is 16.1. The van der Waals surface area contributed by atoms with Gasteiger partial charge in [0.05, 0.1) is 11.5 Å². The van der Waals surface area contributed by atoms with Gasteiger partial charge in [0.25, 0.3) is 0 Å². The Bertz CT molecular complexity index is 441. The second-order valence-electron chi connectivity index (χ2n) is 4.25. The molecule has 0 atom stereocenters. The van der Waals surface area contributed by atoms with Crippen molar-refractivity contribution in [3.63, 3.8) is 0 Å². The van der Waals surface area contributed by atoms with E-state index in [1.54, 1.807) is 4.90 Å². The first-order valence-corrected chi connectivity index (χ1v) is 6.75. The van der Waals surface area contributed by atoms with Crippen LogP contribution in [-0.2, 0) is 0 Å². The van der Waals surface area contributed by atoms with Crippen molar-refractivity contribution in [2.75, 3.05) is 36.5 Å². The van der Waals surface area contributed by atoms with E-state index in [0.29, 0.717) is 25.6 Å². The fourth-order valence-electron chi connectivity index (χ4n) is 1.76. The molecule has 8 nitrogen and oxygen atoms in total. The Morgan fingerprint density at radius 3 is 2.75 bits per heavy atom. The maximum atomic E-state index is 11.1. The minimum atomic E-state index is -0.499. The van der Waals surface area contributed by atoms with E-state index in [9.17, 15) is 10.1 Å². The van der Waals surface area contributed by atoms with Crippen molar-refractivity contribution in [3.05, 3.63) is 16.3 Å². The lowest BCUT2D eigenvalue weighted by atomic mass is 10.3. The summed E-state index contributed by atoms with van der Waals surface area (Å²) >= 11 is 0. The smallest absolute Gasteiger partial charge is 0.329 e. The van der Waals surface area contributed by atoms with E-state index in [4.69, 9.17) is 5.11 Å². The quantitative estimate of drug-likeness (QED) is 0.521. The summed E-state index contributed by atoms with van der Waals surface area (Å²) in [5.74, 6) is 0.607. The molecule has 2 N–H and O–H groups in total. The Hall–Kier alpha value is -1.96. The molecule has 20 heavy (non-hydrogen) atoms. The lowest BCUT2D eigenvalue weighted by Gasteiger charge is -2.22. The van der Waals surface area contributed by atoms with Crippen LogP contribution >= 0.6 is 0 Å². The van der Waals surface area contributed by atoms with Crippen molar-refractivity contribution in [2.24, 2.45) is 0 Å². The van der Waals surface area contributed by atoms with Crippen molar-refractivity contribution in [1.29, 1.82) is 0 Å². The molecule has 0 fully saturated rings. The molecule has 0 aliphatic rings. The van der Waals surface area contributed by atoms with Crippen LogP contribution in [0.25, 0.3) is 0 Å². The highest BCUT2D eigenvalue weighted by Gasteiger charge is 2.22. The molecular formula is C12H21N5O3. The van der Waals surface area contributed by atoms with Crippen molar-refractivity contribution < 1.29 is 10.0 Å². The molecule has 0 amide bonds. The standard InChI is InChI=1S/C12H21N5O3/c1-3-5-6-16(7-8-18)11-10(17(19)20)9-14-12(15-11)13-4-2/h9,18H,3-8H2,1-2H3,(H,13,14,15). The second-order valence-corrected chi connectivity index (χ2v) is 4.25. The van der Waals surface area contributed by atoms with Crippen LogP contribution in [0.4, 0.5) is 17.5 Å². The van der Waals surface area contributed by atoms with Gasteiger partial charge in [0, 0.05) is 19.6 Å². The molecule has 0 unspecified atom stereocenters. The molecule has 0 bridgehead atoms. The summed E-state index contributed by atoms with van der Waals surface area (Å²) in [4.78, 5) is 20.4. The summed E-state index contributed by atoms with van der Waals surface area (Å²) in [6, 6.07) is 0. The zero-order valence-electron chi connectivity index (χ0n) is 11.9. The Balaban J connectivity index is 3.12. The number of aliphatic hydroxyl groups excluding tert-OH is 1. The number of nitro groups is 1. The van der Waals surface area contributed by atoms with Gasteiger partial charge in [-0.25, -0.2) is 4.98 Å². The number of hydrogen-bond acceptors (Lipinski definition) is 7. The third-order valence-electron chi connectivity index (χ3n) is 2.73. The van der Waals surface area contributed by atoms with E-state index in [1.165, 1.54) is 6.20 Å². The fourth-order valence-corrected chi connectivity index (χ4v) is 1.76. The summed E-state index contributed by atoms with van der Waals surface area (Å²) in [7, 11) is 0. The number of rotatable bonds is 9. The second kappa shape index (κ2) is 8.26. The van der Waals surface area contributed by atoms with Crippen molar-refractivity contribution in [1.82, 2.24) is 9.97 Å². The zero-order chi connectivity index (χ0) is 15.0. The number of nitrogens with one attached hydrogen (secondary N) is 1. The van der Waals surface area contributed by atoms with Crippen molar-refractivity contribution in [3.8, 4) is 0 Å². The SMILES string of the molecule is CCCCN(CCO)c1nc(NCC)ncc1[N+](=O)[O-]. The molecule has 0 aliphatic carbocycles. The molecule has 1 aromatic rings. The molecule has 1 aromatic heterocycles. The predicted molar refractivity (Wildman–Crippen MR) is 77.1 cm³/mol. The topological polar surface area (TPSA) is 104 Å². The van der Waals surface area contributed by atoms with Gasteiger partial charge in [-0.2, -0.15) is 4.98 Å². The van der Waals surface area contributed by atoms with Crippen LogP contribution in [0.15, 0.2) is 6.20 Å². The lowest BCUT2D eigenvalue weighted by Crippen LogP contribution is -2.29. The molecule has 0 saturated carbocycles. The Kier molecular flexibility index (Phi) is 6.65. The van der Waals surface area contributed by atoms with Gasteiger partial charge >= 0.3 is 5.69 Å². The number of unbranched alkanes of at least 4 members (excludes halogenated alkanes) is 1. The normalized spacial score (nSPS) is 10.3. The number of anilines is 2. The van der Waals surface area contributed by atoms with Crippen LogP contribution in [0, 0.1) is 10.1 Å². The lowest BCUT2D eigenvalue weighted by molar-refractivity contribution is -0.384. The largest absolute Gasteiger partial charge is 0.395 e. The van der Waals surface area contributed by atoms with Gasteiger partial charge in [0.15, 0.2) is 0 Å². The number of aromatic nitrogens is 2. The average molecular weight is 283 g/mol. The Morgan fingerprint density at radius 1 is 1.45 bits per heavy atom. The van der Waals surface area contributed by atoms with E-state index in [0.717, 1.165) is 12.8 Å². The van der Waals surface area contributed by atoms with Crippen LogP contribution in [0.3, 0.4) is 0 Å². The maximum absolute atomic E-state index is 11.1. The summed E-state index contributed by atoms with van der Waals surface area (Å²) in [6.07, 6.45) is 3.04. The third kappa shape index (κ3) is 4.30. The molecule has 0 saturated heterocycles. The van der Waals surface area contributed by atoms with Crippen LogP contribution in [0.1, 0.15) is 26.7 Å². The maximum Gasteiger partial charge on any atom is 0.329 e. The molecule has 0 spiro atoms. The summed E-state index contributed by atoms with van der Waals surface area (Å²) < 4.78 is 0. The minimum absolute atomic E-state index is 0.0819. The summed E-state index contributed by atoms with van der Waals surface area (Å²) in [5.41, 5.74) is -0.142.